The van der Waals surface area contributed by atoms with E-state index in [4.69, 9.17) is 5.11 Å². The summed E-state index contributed by atoms with van der Waals surface area (Å²) in [4.78, 5) is 22.7. The Morgan fingerprint density at radius 3 is 1.85 bits per heavy atom. The van der Waals surface area contributed by atoms with Crippen molar-refractivity contribution in [1.29, 1.82) is 0 Å². The van der Waals surface area contributed by atoms with Crippen molar-refractivity contribution in [3.8, 4) is 0 Å². The molecule has 0 atom stereocenters. The first-order valence-corrected chi connectivity index (χ1v) is 9.55. The van der Waals surface area contributed by atoms with Crippen LogP contribution in [0.2, 0.25) is 0 Å². The zero-order valence-electron chi connectivity index (χ0n) is 16.5. The lowest BCUT2D eigenvalue weighted by Gasteiger charge is -2.14. The molecule has 0 spiro atoms. The highest BCUT2D eigenvalue weighted by molar-refractivity contribution is 6.03. The summed E-state index contributed by atoms with van der Waals surface area (Å²) >= 11 is 0. The first-order chi connectivity index (χ1) is 12.9. The molecule has 0 saturated heterocycles. The number of aryl methyl sites for hydroxylation is 2. The lowest BCUT2D eigenvalue weighted by Crippen LogP contribution is -2.14. The number of hydrogen-bond donors (Lipinski definition) is 2. The molecule has 0 aliphatic rings. The smallest absolute Gasteiger partial charge is 0.336 e. The number of carboxylic acids is 2. The van der Waals surface area contributed by atoms with Gasteiger partial charge in [0.05, 0.1) is 11.1 Å². The predicted octanol–water partition coefficient (Wildman–Crippen LogP) is 5.76. The summed E-state index contributed by atoms with van der Waals surface area (Å²) in [5.41, 5.74) is 2.86. The summed E-state index contributed by atoms with van der Waals surface area (Å²) in [7, 11) is 0. The van der Waals surface area contributed by atoms with Gasteiger partial charge in [0.25, 0.3) is 0 Å². The van der Waals surface area contributed by atoms with Crippen molar-refractivity contribution in [2.45, 2.75) is 59.3 Å². The maximum absolute atomic E-state index is 11.5. The van der Waals surface area contributed by atoms with E-state index in [2.05, 4.69) is 26.0 Å². The van der Waals surface area contributed by atoms with Gasteiger partial charge >= 0.3 is 11.9 Å². The van der Waals surface area contributed by atoms with E-state index in [1.807, 2.05) is 25.1 Å². The number of aromatic carboxylic acids is 2. The van der Waals surface area contributed by atoms with E-state index in [-0.39, 0.29) is 11.1 Å². The second kappa shape index (κ2) is 11.9. The number of unbranched alkanes of at least 4 members (excludes halogenated alkanes) is 2. The topological polar surface area (TPSA) is 74.6 Å². The van der Waals surface area contributed by atoms with Crippen LogP contribution in [-0.2, 0) is 12.8 Å². The van der Waals surface area contributed by atoms with Crippen LogP contribution in [0, 0.1) is 6.92 Å². The largest absolute Gasteiger partial charge is 0.478 e. The first-order valence-electron chi connectivity index (χ1n) is 9.55. The Bertz CT molecular complexity index is 736. The zero-order valence-corrected chi connectivity index (χ0v) is 16.5. The molecule has 2 N–H and O–H groups in total. The Kier molecular flexibility index (Phi) is 9.88. The van der Waals surface area contributed by atoms with Crippen LogP contribution in [0.3, 0.4) is 0 Å². The quantitative estimate of drug-likeness (QED) is 0.619. The van der Waals surface area contributed by atoms with Crippen LogP contribution >= 0.6 is 0 Å². The number of carboxylic acid groups (broad SMARTS) is 2. The van der Waals surface area contributed by atoms with E-state index in [0.29, 0.717) is 12.0 Å². The lowest BCUT2D eigenvalue weighted by atomic mass is 9.90. The average Bonchev–Trinajstić information content (AvgIpc) is 2.65. The lowest BCUT2D eigenvalue weighted by molar-refractivity contribution is 0.0650. The Hall–Kier alpha value is -2.62. The highest BCUT2D eigenvalue weighted by Gasteiger charge is 2.22. The molecule has 0 bridgehead atoms. The Labute approximate surface area is 161 Å². The molecule has 0 saturated carbocycles. The molecule has 0 amide bonds. The third-order valence-corrected chi connectivity index (χ3v) is 4.37. The van der Waals surface area contributed by atoms with Gasteiger partial charge in [-0.1, -0.05) is 68.7 Å². The van der Waals surface area contributed by atoms with Crippen molar-refractivity contribution < 1.29 is 19.8 Å². The Morgan fingerprint density at radius 1 is 0.815 bits per heavy atom. The molecule has 2 aromatic rings. The van der Waals surface area contributed by atoms with Crippen LogP contribution in [-0.4, -0.2) is 22.2 Å². The van der Waals surface area contributed by atoms with Crippen molar-refractivity contribution in [3.05, 3.63) is 70.3 Å². The minimum absolute atomic E-state index is 0.0282. The van der Waals surface area contributed by atoms with Crippen LogP contribution in [0.15, 0.2) is 42.5 Å². The number of rotatable bonds is 8. The zero-order chi connectivity index (χ0) is 20.2. The molecular formula is C23H30O4. The molecule has 0 fully saturated rings. The van der Waals surface area contributed by atoms with Crippen molar-refractivity contribution in [3.63, 3.8) is 0 Å². The molecule has 2 rings (SSSR count). The van der Waals surface area contributed by atoms with Crippen LogP contribution in [0.25, 0.3) is 0 Å². The Balaban J connectivity index is 0.000000433. The molecule has 27 heavy (non-hydrogen) atoms. The maximum Gasteiger partial charge on any atom is 0.336 e. The monoisotopic (exact) mass is 370 g/mol. The van der Waals surface area contributed by atoms with Gasteiger partial charge in [-0.2, -0.15) is 0 Å². The fourth-order valence-electron chi connectivity index (χ4n) is 2.89. The molecule has 2 aromatic carbocycles. The van der Waals surface area contributed by atoms with Crippen molar-refractivity contribution in [2.24, 2.45) is 0 Å². The third-order valence-electron chi connectivity index (χ3n) is 4.37. The number of benzene rings is 2. The molecular weight excluding hydrogens is 340 g/mol. The van der Waals surface area contributed by atoms with Gasteiger partial charge in [0.2, 0.25) is 0 Å². The predicted molar refractivity (Wildman–Crippen MR) is 109 cm³/mol. The fraction of sp³-hybridized carbons (Fsp3) is 0.391. The van der Waals surface area contributed by atoms with Crippen LogP contribution in [0.4, 0.5) is 0 Å². The van der Waals surface area contributed by atoms with Crippen molar-refractivity contribution >= 4 is 11.9 Å². The molecule has 0 aromatic heterocycles. The summed E-state index contributed by atoms with van der Waals surface area (Å²) in [6.07, 6.45) is 5.24. The van der Waals surface area contributed by atoms with Gasteiger partial charge in [-0.15, -0.1) is 0 Å². The Morgan fingerprint density at radius 2 is 1.41 bits per heavy atom. The van der Waals surface area contributed by atoms with E-state index in [1.54, 1.807) is 6.07 Å². The molecule has 0 heterocycles. The molecule has 0 unspecified atom stereocenters. The van der Waals surface area contributed by atoms with Gasteiger partial charge in [-0.3, -0.25) is 0 Å². The number of carbonyl (C=O) groups is 2. The summed E-state index contributed by atoms with van der Waals surface area (Å²) in [5, 5.41) is 18.5. The van der Waals surface area contributed by atoms with Crippen LogP contribution in [0.1, 0.15) is 76.9 Å². The van der Waals surface area contributed by atoms with Crippen LogP contribution in [0.5, 0.6) is 0 Å². The highest BCUT2D eigenvalue weighted by Crippen LogP contribution is 2.24. The standard InChI is InChI=1S/C16H22O4.C7H8/c1-3-5-7-11-9-10-13(15(17)18)14(16(19)20)12(11)8-6-4-2;1-7-5-3-2-4-6-7/h9-10H,3-8H2,1-2H3,(H,17,18)(H,19,20);2-6H,1H3. The molecule has 4 heteroatoms. The first kappa shape index (κ1) is 22.4. The summed E-state index contributed by atoms with van der Waals surface area (Å²) in [6, 6.07) is 13.5. The maximum atomic E-state index is 11.5. The van der Waals surface area contributed by atoms with Crippen LogP contribution < -0.4 is 0 Å². The van der Waals surface area contributed by atoms with Crippen molar-refractivity contribution in [2.75, 3.05) is 0 Å². The summed E-state index contributed by atoms with van der Waals surface area (Å²) in [5.74, 6) is -2.32. The normalized spacial score (nSPS) is 10.0. The highest BCUT2D eigenvalue weighted by atomic mass is 16.4. The molecule has 0 aliphatic heterocycles. The summed E-state index contributed by atoms with van der Waals surface area (Å²) < 4.78 is 0. The van der Waals surface area contributed by atoms with E-state index < -0.39 is 11.9 Å². The van der Waals surface area contributed by atoms with Gasteiger partial charge in [0, 0.05) is 0 Å². The van der Waals surface area contributed by atoms with Gasteiger partial charge in [0.1, 0.15) is 0 Å². The summed E-state index contributed by atoms with van der Waals surface area (Å²) in [6.45, 7) is 6.20. The minimum atomic E-state index is -1.18. The van der Waals surface area contributed by atoms with E-state index in [0.717, 1.165) is 37.7 Å². The van der Waals surface area contributed by atoms with Gasteiger partial charge in [-0.05, 0) is 49.8 Å². The van der Waals surface area contributed by atoms with Crippen molar-refractivity contribution in [1.82, 2.24) is 0 Å². The second-order valence-electron chi connectivity index (χ2n) is 6.60. The third kappa shape index (κ3) is 7.26. The molecule has 0 aliphatic carbocycles. The minimum Gasteiger partial charge on any atom is -0.478 e. The molecule has 0 radical (unpaired) electrons. The fourth-order valence-corrected chi connectivity index (χ4v) is 2.89. The van der Waals surface area contributed by atoms with E-state index in [1.165, 1.54) is 11.6 Å². The van der Waals surface area contributed by atoms with Gasteiger partial charge in [-0.25, -0.2) is 9.59 Å². The number of hydrogen-bond acceptors (Lipinski definition) is 2. The van der Waals surface area contributed by atoms with E-state index >= 15 is 0 Å². The molecule has 146 valence electrons. The SMILES string of the molecule is CCCCc1ccc(C(=O)O)c(C(=O)O)c1CCCC.Cc1ccccc1. The van der Waals surface area contributed by atoms with Gasteiger partial charge in [0.15, 0.2) is 0 Å². The van der Waals surface area contributed by atoms with Gasteiger partial charge < -0.3 is 10.2 Å². The van der Waals surface area contributed by atoms with E-state index in [9.17, 15) is 14.7 Å². The second-order valence-corrected chi connectivity index (χ2v) is 6.60. The average molecular weight is 370 g/mol. The molecule has 4 nitrogen and oxygen atoms in total.